The van der Waals surface area contributed by atoms with Crippen LogP contribution in [-0.4, -0.2) is 24.7 Å². The normalized spacial score (nSPS) is 11.3. The standard InChI is InChI=1S/C17H20N2O3/c1-12(14-4-6-16(21-3)7-5-14)10-17(20)18-9-8-15-11-13(2)22-19-15/h4-7,10-11H,8-9H2,1-3H3,(H,18,20)/b12-10+. The number of carbonyl (C=O) groups excluding carboxylic acids is 1. The molecule has 22 heavy (non-hydrogen) atoms. The lowest BCUT2D eigenvalue weighted by atomic mass is 10.1. The van der Waals surface area contributed by atoms with Gasteiger partial charge in [0.05, 0.1) is 12.8 Å². The molecule has 2 rings (SSSR count). The van der Waals surface area contributed by atoms with E-state index in [4.69, 9.17) is 9.26 Å². The quantitative estimate of drug-likeness (QED) is 0.833. The van der Waals surface area contributed by atoms with E-state index in [0.717, 1.165) is 28.3 Å². The zero-order valence-electron chi connectivity index (χ0n) is 13.1. The summed E-state index contributed by atoms with van der Waals surface area (Å²) in [7, 11) is 1.63. The monoisotopic (exact) mass is 300 g/mol. The van der Waals surface area contributed by atoms with E-state index in [1.807, 2.05) is 44.2 Å². The third-order valence-electron chi connectivity index (χ3n) is 3.25. The Labute approximate surface area is 130 Å². The molecule has 0 spiro atoms. The minimum Gasteiger partial charge on any atom is -0.497 e. The highest BCUT2D eigenvalue weighted by Gasteiger charge is 2.03. The highest BCUT2D eigenvalue weighted by atomic mass is 16.5. The molecule has 2 aromatic rings. The third kappa shape index (κ3) is 4.48. The SMILES string of the molecule is COc1ccc(/C(C)=C/C(=O)NCCc2cc(C)on2)cc1. The molecule has 5 nitrogen and oxygen atoms in total. The molecular formula is C17H20N2O3. The summed E-state index contributed by atoms with van der Waals surface area (Å²) in [5, 5.41) is 6.73. The van der Waals surface area contributed by atoms with Crippen molar-refractivity contribution < 1.29 is 14.1 Å². The van der Waals surface area contributed by atoms with Crippen LogP contribution in [0.2, 0.25) is 0 Å². The number of aryl methyl sites for hydroxylation is 1. The number of amides is 1. The van der Waals surface area contributed by atoms with Crippen LogP contribution in [0.15, 0.2) is 40.9 Å². The van der Waals surface area contributed by atoms with Crippen molar-refractivity contribution in [1.29, 1.82) is 0 Å². The molecule has 0 aliphatic carbocycles. The van der Waals surface area contributed by atoms with Gasteiger partial charge in [0.15, 0.2) is 0 Å². The summed E-state index contributed by atoms with van der Waals surface area (Å²) in [6.45, 7) is 4.27. The summed E-state index contributed by atoms with van der Waals surface area (Å²) in [6.07, 6.45) is 2.24. The van der Waals surface area contributed by atoms with E-state index in [1.165, 1.54) is 0 Å². The Morgan fingerprint density at radius 3 is 2.68 bits per heavy atom. The van der Waals surface area contributed by atoms with Crippen LogP contribution in [0, 0.1) is 6.92 Å². The van der Waals surface area contributed by atoms with E-state index in [0.29, 0.717) is 13.0 Å². The number of methoxy groups -OCH3 is 1. The van der Waals surface area contributed by atoms with Gasteiger partial charge >= 0.3 is 0 Å². The molecular weight excluding hydrogens is 280 g/mol. The molecule has 0 bridgehead atoms. The Morgan fingerprint density at radius 2 is 2.09 bits per heavy atom. The summed E-state index contributed by atoms with van der Waals surface area (Å²) in [4.78, 5) is 11.9. The first-order chi connectivity index (χ1) is 10.6. The van der Waals surface area contributed by atoms with Gasteiger partial charge in [0.2, 0.25) is 5.91 Å². The fourth-order valence-corrected chi connectivity index (χ4v) is 2.03. The average molecular weight is 300 g/mol. The number of hydrogen-bond acceptors (Lipinski definition) is 4. The van der Waals surface area contributed by atoms with Gasteiger partial charge in [-0.05, 0) is 37.1 Å². The van der Waals surface area contributed by atoms with Crippen LogP contribution in [0.25, 0.3) is 5.57 Å². The molecule has 0 fully saturated rings. The van der Waals surface area contributed by atoms with E-state index in [2.05, 4.69) is 10.5 Å². The largest absolute Gasteiger partial charge is 0.497 e. The van der Waals surface area contributed by atoms with E-state index in [9.17, 15) is 4.79 Å². The van der Waals surface area contributed by atoms with E-state index in [1.54, 1.807) is 13.2 Å². The van der Waals surface area contributed by atoms with Gasteiger partial charge in [-0.15, -0.1) is 0 Å². The van der Waals surface area contributed by atoms with E-state index < -0.39 is 0 Å². The van der Waals surface area contributed by atoms with Gasteiger partial charge in [0.25, 0.3) is 0 Å². The summed E-state index contributed by atoms with van der Waals surface area (Å²) in [5.41, 5.74) is 2.73. The number of ether oxygens (including phenoxy) is 1. The van der Waals surface area contributed by atoms with Crippen LogP contribution in [0.1, 0.15) is 23.9 Å². The molecule has 1 N–H and O–H groups in total. The van der Waals surface area contributed by atoms with Gasteiger partial charge in [0, 0.05) is 25.1 Å². The smallest absolute Gasteiger partial charge is 0.244 e. The number of carbonyl (C=O) groups is 1. The van der Waals surface area contributed by atoms with Crippen molar-refractivity contribution in [2.75, 3.05) is 13.7 Å². The third-order valence-corrected chi connectivity index (χ3v) is 3.25. The number of hydrogen-bond donors (Lipinski definition) is 1. The fourth-order valence-electron chi connectivity index (χ4n) is 2.03. The van der Waals surface area contributed by atoms with Crippen molar-refractivity contribution in [3.63, 3.8) is 0 Å². The predicted molar refractivity (Wildman–Crippen MR) is 84.6 cm³/mol. The van der Waals surface area contributed by atoms with E-state index in [-0.39, 0.29) is 5.91 Å². The second kappa shape index (κ2) is 7.45. The van der Waals surface area contributed by atoms with Gasteiger partial charge < -0.3 is 14.6 Å². The minimum atomic E-state index is -0.117. The minimum absolute atomic E-state index is 0.117. The Morgan fingerprint density at radius 1 is 1.36 bits per heavy atom. The van der Waals surface area contributed by atoms with Crippen molar-refractivity contribution in [1.82, 2.24) is 10.5 Å². The Kier molecular flexibility index (Phi) is 5.36. The number of nitrogens with one attached hydrogen (secondary N) is 1. The molecule has 1 heterocycles. The number of nitrogens with zero attached hydrogens (tertiary/aromatic N) is 1. The summed E-state index contributed by atoms with van der Waals surface area (Å²) in [5.74, 6) is 1.45. The number of benzene rings is 1. The molecule has 1 amide bonds. The van der Waals surface area contributed by atoms with Gasteiger partial charge in [-0.25, -0.2) is 0 Å². The van der Waals surface area contributed by atoms with Crippen molar-refractivity contribution in [2.24, 2.45) is 0 Å². The van der Waals surface area contributed by atoms with Gasteiger partial charge in [-0.2, -0.15) is 0 Å². The lowest BCUT2D eigenvalue weighted by Gasteiger charge is -2.05. The maximum atomic E-state index is 11.9. The van der Waals surface area contributed by atoms with Crippen LogP contribution < -0.4 is 10.1 Å². The average Bonchev–Trinajstić information content (AvgIpc) is 2.92. The summed E-state index contributed by atoms with van der Waals surface area (Å²) in [6, 6.07) is 9.46. The zero-order chi connectivity index (χ0) is 15.9. The highest BCUT2D eigenvalue weighted by Crippen LogP contribution is 2.17. The maximum Gasteiger partial charge on any atom is 0.244 e. The van der Waals surface area contributed by atoms with Crippen molar-refractivity contribution >= 4 is 11.5 Å². The van der Waals surface area contributed by atoms with Crippen molar-refractivity contribution in [2.45, 2.75) is 20.3 Å². The lowest BCUT2D eigenvalue weighted by Crippen LogP contribution is -2.23. The number of allylic oxidation sites excluding steroid dienone is 1. The van der Waals surface area contributed by atoms with Gasteiger partial charge in [-0.3, -0.25) is 4.79 Å². The summed E-state index contributed by atoms with van der Waals surface area (Å²) >= 11 is 0. The van der Waals surface area contributed by atoms with Crippen LogP contribution >= 0.6 is 0 Å². The van der Waals surface area contributed by atoms with Crippen molar-refractivity contribution in [3.8, 4) is 5.75 Å². The second-order valence-corrected chi connectivity index (χ2v) is 5.03. The first-order valence-corrected chi connectivity index (χ1v) is 7.11. The van der Waals surface area contributed by atoms with Crippen LogP contribution in [0.4, 0.5) is 0 Å². The van der Waals surface area contributed by atoms with Gasteiger partial charge in [0.1, 0.15) is 11.5 Å². The zero-order valence-corrected chi connectivity index (χ0v) is 13.1. The maximum absolute atomic E-state index is 11.9. The Hall–Kier alpha value is -2.56. The molecule has 0 radical (unpaired) electrons. The molecule has 0 saturated carbocycles. The van der Waals surface area contributed by atoms with Crippen LogP contribution in [0.3, 0.4) is 0 Å². The number of rotatable bonds is 6. The molecule has 0 aliphatic heterocycles. The second-order valence-electron chi connectivity index (χ2n) is 5.03. The first kappa shape index (κ1) is 15.8. The van der Waals surface area contributed by atoms with Crippen LogP contribution in [-0.2, 0) is 11.2 Å². The highest BCUT2D eigenvalue weighted by molar-refractivity contribution is 5.94. The van der Waals surface area contributed by atoms with E-state index >= 15 is 0 Å². The molecule has 0 aliphatic rings. The number of aromatic nitrogens is 1. The molecule has 5 heteroatoms. The summed E-state index contributed by atoms with van der Waals surface area (Å²) < 4.78 is 10.1. The lowest BCUT2D eigenvalue weighted by molar-refractivity contribution is -0.116. The first-order valence-electron chi connectivity index (χ1n) is 7.11. The molecule has 1 aromatic heterocycles. The predicted octanol–water partition coefficient (Wildman–Crippen LogP) is 2.75. The Balaban J connectivity index is 1.86. The molecule has 116 valence electrons. The van der Waals surface area contributed by atoms with Crippen molar-refractivity contribution in [3.05, 3.63) is 53.4 Å². The molecule has 0 atom stereocenters. The molecule has 0 unspecified atom stereocenters. The topological polar surface area (TPSA) is 64.4 Å². The fraction of sp³-hybridized carbons (Fsp3) is 0.294. The van der Waals surface area contributed by atoms with Gasteiger partial charge in [-0.1, -0.05) is 17.3 Å². The molecule has 0 saturated heterocycles. The Bertz CT molecular complexity index is 657. The van der Waals surface area contributed by atoms with Crippen LogP contribution in [0.5, 0.6) is 5.75 Å². The molecule has 1 aromatic carbocycles.